The molecule has 0 aliphatic heterocycles. The lowest BCUT2D eigenvalue weighted by molar-refractivity contribution is 0.0656. The third-order valence-electron chi connectivity index (χ3n) is 6.05. The van der Waals surface area contributed by atoms with Crippen LogP contribution in [-0.4, -0.2) is 40.6 Å². The molecule has 0 saturated heterocycles. The Balaban J connectivity index is 1.89. The number of hydrogen-bond acceptors (Lipinski definition) is 4. The smallest absolute Gasteiger partial charge is 0.266 e. The van der Waals surface area contributed by atoms with Crippen molar-refractivity contribution in [2.45, 2.75) is 26.3 Å². The van der Waals surface area contributed by atoms with Crippen LogP contribution >= 0.6 is 15.9 Å². The summed E-state index contributed by atoms with van der Waals surface area (Å²) in [6.07, 6.45) is 0.652. The van der Waals surface area contributed by atoms with Crippen LogP contribution in [0.5, 0.6) is 0 Å². The summed E-state index contributed by atoms with van der Waals surface area (Å²) in [5.41, 5.74) is 2.81. The lowest BCUT2D eigenvalue weighted by Crippen LogP contribution is -2.38. The molecular formula is C28H28BrN3O3. The van der Waals surface area contributed by atoms with E-state index in [-0.39, 0.29) is 11.5 Å². The zero-order valence-corrected chi connectivity index (χ0v) is 21.7. The van der Waals surface area contributed by atoms with Gasteiger partial charge in [0.15, 0.2) is 0 Å². The van der Waals surface area contributed by atoms with Crippen molar-refractivity contribution < 1.29 is 9.53 Å². The Hall–Kier alpha value is -3.29. The number of ether oxygens (including phenoxy) is 1. The van der Waals surface area contributed by atoms with E-state index in [1.54, 1.807) is 28.7 Å². The number of carbonyl (C=O) groups excluding carboxylic acids is 1. The van der Waals surface area contributed by atoms with E-state index < -0.39 is 6.04 Å². The minimum atomic E-state index is -0.481. The summed E-state index contributed by atoms with van der Waals surface area (Å²) in [6, 6.07) is 21.9. The van der Waals surface area contributed by atoms with E-state index >= 15 is 0 Å². The summed E-state index contributed by atoms with van der Waals surface area (Å²) >= 11 is 3.51. The van der Waals surface area contributed by atoms with Gasteiger partial charge in [0.1, 0.15) is 5.82 Å². The Bertz CT molecular complexity index is 1400. The Labute approximate surface area is 213 Å². The third-order valence-corrected chi connectivity index (χ3v) is 6.74. The van der Waals surface area contributed by atoms with Gasteiger partial charge >= 0.3 is 0 Å². The van der Waals surface area contributed by atoms with Gasteiger partial charge in [-0.1, -0.05) is 42.0 Å². The van der Waals surface area contributed by atoms with E-state index in [0.717, 1.165) is 10.0 Å². The number of amides is 1. The van der Waals surface area contributed by atoms with Crippen LogP contribution < -0.4 is 5.56 Å². The van der Waals surface area contributed by atoms with E-state index in [2.05, 4.69) is 15.9 Å². The van der Waals surface area contributed by atoms with Gasteiger partial charge in [0.05, 0.1) is 28.2 Å². The molecule has 4 rings (SSSR count). The molecule has 0 N–H and O–H groups in total. The molecule has 1 unspecified atom stereocenters. The van der Waals surface area contributed by atoms with Crippen molar-refractivity contribution in [3.63, 3.8) is 0 Å². The number of nitrogens with zero attached hydrogens (tertiary/aromatic N) is 3. The summed E-state index contributed by atoms with van der Waals surface area (Å²) in [7, 11) is 1.64. The number of hydrogen-bond donors (Lipinski definition) is 0. The highest BCUT2D eigenvalue weighted by molar-refractivity contribution is 9.10. The highest BCUT2D eigenvalue weighted by Crippen LogP contribution is 2.27. The van der Waals surface area contributed by atoms with Crippen molar-refractivity contribution in [2.75, 3.05) is 20.3 Å². The van der Waals surface area contributed by atoms with Gasteiger partial charge in [-0.15, -0.1) is 0 Å². The molecule has 1 atom stereocenters. The molecular weight excluding hydrogens is 506 g/mol. The van der Waals surface area contributed by atoms with E-state index in [1.807, 2.05) is 74.5 Å². The molecule has 35 heavy (non-hydrogen) atoms. The fourth-order valence-electron chi connectivity index (χ4n) is 4.15. The fraction of sp³-hybridized carbons (Fsp3) is 0.250. The maximum atomic E-state index is 13.8. The molecule has 4 aromatic rings. The van der Waals surface area contributed by atoms with Crippen molar-refractivity contribution in [3.8, 4) is 5.69 Å². The molecule has 1 aromatic heterocycles. The van der Waals surface area contributed by atoms with Gasteiger partial charge in [-0.3, -0.25) is 14.2 Å². The van der Waals surface area contributed by atoms with Crippen molar-refractivity contribution in [3.05, 3.63) is 105 Å². The number of benzene rings is 3. The van der Waals surface area contributed by atoms with Crippen molar-refractivity contribution in [1.29, 1.82) is 0 Å². The molecule has 3 aromatic carbocycles. The summed E-state index contributed by atoms with van der Waals surface area (Å²) in [5.74, 6) is 0.370. The van der Waals surface area contributed by atoms with E-state index in [1.165, 1.54) is 0 Å². The average Bonchev–Trinajstić information content (AvgIpc) is 2.87. The molecule has 1 amide bonds. The standard InChI is InChI=1S/C28H28BrN3O3/c1-19-13-15-21(16-14-19)32-26(30-25-12-7-5-10-23(25)28(32)34)20(2)31(17-8-18-35-3)27(33)22-9-4-6-11-24(22)29/h4-7,9-16,20H,8,17-18H2,1-3H3. The highest BCUT2D eigenvalue weighted by atomic mass is 79.9. The molecule has 7 heteroatoms. The minimum Gasteiger partial charge on any atom is -0.385 e. The van der Waals surface area contributed by atoms with Gasteiger partial charge in [-0.25, -0.2) is 4.98 Å². The van der Waals surface area contributed by atoms with Crippen LogP contribution in [0.3, 0.4) is 0 Å². The van der Waals surface area contributed by atoms with Crippen LogP contribution in [0.15, 0.2) is 82.1 Å². The zero-order valence-electron chi connectivity index (χ0n) is 20.1. The number of halogens is 1. The molecule has 0 fully saturated rings. The molecule has 0 radical (unpaired) electrons. The second kappa shape index (κ2) is 11.0. The third kappa shape index (κ3) is 5.21. The second-order valence-electron chi connectivity index (χ2n) is 8.46. The SMILES string of the molecule is COCCCN(C(=O)c1ccccc1Br)C(C)c1nc2ccccc2c(=O)n1-c1ccc(C)cc1. The summed E-state index contributed by atoms with van der Waals surface area (Å²) < 4.78 is 7.60. The van der Waals surface area contributed by atoms with Gasteiger partial charge in [0.25, 0.3) is 11.5 Å². The Morgan fingerprint density at radius 3 is 2.46 bits per heavy atom. The number of rotatable bonds is 8. The van der Waals surface area contributed by atoms with E-state index in [0.29, 0.717) is 47.6 Å². The Morgan fingerprint density at radius 1 is 1.06 bits per heavy atom. The second-order valence-corrected chi connectivity index (χ2v) is 9.32. The number of para-hydroxylation sites is 1. The fourth-order valence-corrected chi connectivity index (χ4v) is 4.61. The molecule has 0 aliphatic carbocycles. The van der Waals surface area contributed by atoms with Gasteiger partial charge in [0.2, 0.25) is 0 Å². The number of methoxy groups -OCH3 is 1. The van der Waals surface area contributed by atoms with Crippen LogP contribution in [-0.2, 0) is 4.74 Å². The van der Waals surface area contributed by atoms with E-state index in [9.17, 15) is 9.59 Å². The first-order chi connectivity index (χ1) is 16.9. The molecule has 1 heterocycles. The molecule has 6 nitrogen and oxygen atoms in total. The molecule has 0 spiro atoms. The van der Waals surface area contributed by atoms with Crippen LogP contribution in [0, 0.1) is 6.92 Å². The Kier molecular flexibility index (Phi) is 7.78. The predicted octanol–water partition coefficient (Wildman–Crippen LogP) is 5.70. The number of aromatic nitrogens is 2. The molecule has 180 valence electrons. The minimum absolute atomic E-state index is 0.140. The molecule has 0 bridgehead atoms. The Morgan fingerprint density at radius 2 is 1.74 bits per heavy atom. The average molecular weight is 534 g/mol. The first-order valence-corrected chi connectivity index (χ1v) is 12.3. The number of aryl methyl sites for hydroxylation is 1. The quantitative estimate of drug-likeness (QED) is 0.272. The maximum Gasteiger partial charge on any atom is 0.266 e. The lowest BCUT2D eigenvalue weighted by Gasteiger charge is -2.31. The summed E-state index contributed by atoms with van der Waals surface area (Å²) in [6.45, 7) is 4.89. The monoisotopic (exact) mass is 533 g/mol. The van der Waals surface area contributed by atoms with Crippen molar-refractivity contribution in [1.82, 2.24) is 14.5 Å². The topological polar surface area (TPSA) is 64.4 Å². The molecule has 0 aliphatic rings. The van der Waals surface area contributed by atoms with Gasteiger partial charge in [-0.2, -0.15) is 0 Å². The van der Waals surface area contributed by atoms with Gasteiger partial charge in [0, 0.05) is 24.7 Å². The van der Waals surface area contributed by atoms with Crippen LogP contribution in [0.25, 0.3) is 16.6 Å². The van der Waals surface area contributed by atoms with E-state index in [4.69, 9.17) is 9.72 Å². The first kappa shape index (κ1) is 24.8. The maximum absolute atomic E-state index is 13.8. The van der Waals surface area contributed by atoms with Crippen molar-refractivity contribution >= 4 is 32.7 Å². The van der Waals surface area contributed by atoms with Crippen molar-refractivity contribution in [2.24, 2.45) is 0 Å². The summed E-state index contributed by atoms with van der Waals surface area (Å²) in [5, 5.41) is 0.534. The predicted molar refractivity (Wildman–Crippen MR) is 142 cm³/mol. The van der Waals surface area contributed by atoms with Gasteiger partial charge < -0.3 is 9.64 Å². The number of carbonyl (C=O) groups is 1. The van der Waals surface area contributed by atoms with Gasteiger partial charge in [-0.05, 0) is 72.6 Å². The molecule has 0 saturated carbocycles. The van der Waals surface area contributed by atoms with Crippen LogP contribution in [0.2, 0.25) is 0 Å². The largest absolute Gasteiger partial charge is 0.385 e. The lowest BCUT2D eigenvalue weighted by atomic mass is 10.1. The van der Waals surface area contributed by atoms with Crippen LogP contribution in [0.1, 0.15) is 41.1 Å². The zero-order chi connectivity index (χ0) is 24.9. The summed E-state index contributed by atoms with van der Waals surface area (Å²) in [4.78, 5) is 34.1. The first-order valence-electron chi connectivity index (χ1n) is 11.6. The number of fused-ring (bicyclic) bond motifs is 1. The normalized spacial score (nSPS) is 12.0. The highest BCUT2D eigenvalue weighted by Gasteiger charge is 2.28. The van der Waals surface area contributed by atoms with Crippen LogP contribution in [0.4, 0.5) is 0 Å².